The number of nitrogens with one attached hydrogen (secondary N) is 2. The van der Waals surface area contributed by atoms with Gasteiger partial charge in [-0.15, -0.1) is 0 Å². The van der Waals surface area contributed by atoms with Crippen LogP contribution in [0.25, 0.3) is 0 Å². The number of hydrogen-bond acceptors (Lipinski definition) is 3. The summed E-state index contributed by atoms with van der Waals surface area (Å²) in [5.41, 5.74) is 0.336. The minimum Gasteiger partial charge on any atom is -0.316 e. The molecular formula is C10H14BrFN2O2S. The smallest absolute Gasteiger partial charge is 0.234 e. The summed E-state index contributed by atoms with van der Waals surface area (Å²) in [4.78, 5) is 0. The predicted octanol–water partition coefficient (Wildman–Crippen LogP) is 1.94. The van der Waals surface area contributed by atoms with Crippen LogP contribution in [0.2, 0.25) is 0 Å². The Bertz CT molecular complexity index is 479. The second-order valence-corrected chi connectivity index (χ2v) is 6.09. The fourth-order valence-electron chi connectivity index (χ4n) is 1.17. The van der Waals surface area contributed by atoms with Gasteiger partial charge in [-0.2, -0.15) is 0 Å². The highest BCUT2D eigenvalue weighted by Crippen LogP contribution is 2.23. The molecule has 96 valence electrons. The molecule has 0 heterocycles. The van der Waals surface area contributed by atoms with Crippen LogP contribution in [0.5, 0.6) is 0 Å². The van der Waals surface area contributed by atoms with Crippen LogP contribution in [0.1, 0.15) is 6.92 Å². The van der Waals surface area contributed by atoms with Crippen LogP contribution in [-0.2, 0) is 10.0 Å². The van der Waals surface area contributed by atoms with Gasteiger partial charge < -0.3 is 5.32 Å². The molecule has 0 unspecified atom stereocenters. The Kier molecular flexibility index (Phi) is 5.35. The zero-order chi connectivity index (χ0) is 12.9. The Morgan fingerprint density at radius 2 is 2.12 bits per heavy atom. The summed E-state index contributed by atoms with van der Waals surface area (Å²) in [7, 11) is -3.41. The van der Waals surface area contributed by atoms with E-state index < -0.39 is 15.8 Å². The summed E-state index contributed by atoms with van der Waals surface area (Å²) in [6, 6.07) is 3.79. The van der Waals surface area contributed by atoms with E-state index in [0.29, 0.717) is 16.7 Å². The molecule has 0 amide bonds. The Balaban J connectivity index is 2.69. The molecule has 0 saturated carbocycles. The summed E-state index contributed by atoms with van der Waals surface area (Å²) >= 11 is 3.10. The average molecular weight is 325 g/mol. The van der Waals surface area contributed by atoms with Gasteiger partial charge in [-0.1, -0.05) is 6.92 Å². The molecular weight excluding hydrogens is 311 g/mol. The van der Waals surface area contributed by atoms with Crippen molar-refractivity contribution in [3.05, 3.63) is 28.5 Å². The third kappa shape index (κ3) is 5.01. The van der Waals surface area contributed by atoms with Crippen molar-refractivity contribution in [2.45, 2.75) is 6.92 Å². The lowest BCUT2D eigenvalue weighted by atomic mass is 10.3. The lowest BCUT2D eigenvalue weighted by Gasteiger charge is -2.09. The first-order valence-electron chi connectivity index (χ1n) is 5.11. The molecule has 0 aliphatic heterocycles. The third-order valence-electron chi connectivity index (χ3n) is 1.99. The normalized spacial score (nSPS) is 11.5. The van der Waals surface area contributed by atoms with E-state index in [4.69, 9.17) is 0 Å². The van der Waals surface area contributed by atoms with Crippen molar-refractivity contribution in [2.75, 3.05) is 23.6 Å². The molecule has 0 radical (unpaired) electrons. The van der Waals surface area contributed by atoms with E-state index in [0.717, 1.165) is 6.54 Å². The van der Waals surface area contributed by atoms with Crippen LogP contribution in [0.4, 0.5) is 10.1 Å². The van der Waals surface area contributed by atoms with Gasteiger partial charge in [0.25, 0.3) is 0 Å². The van der Waals surface area contributed by atoms with Crippen LogP contribution in [0, 0.1) is 5.82 Å². The Morgan fingerprint density at radius 3 is 2.71 bits per heavy atom. The van der Waals surface area contributed by atoms with E-state index in [9.17, 15) is 12.8 Å². The fourth-order valence-corrected chi connectivity index (χ4v) is 2.78. The van der Waals surface area contributed by atoms with Gasteiger partial charge in [-0.3, -0.25) is 4.72 Å². The number of halogens is 2. The molecule has 0 aliphatic carbocycles. The first-order chi connectivity index (χ1) is 7.94. The molecule has 17 heavy (non-hydrogen) atoms. The zero-order valence-corrected chi connectivity index (χ0v) is 11.7. The van der Waals surface area contributed by atoms with Crippen LogP contribution in [0.3, 0.4) is 0 Å². The molecule has 1 aromatic carbocycles. The largest absolute Gasteiger partial charge is 0.316 e. The molecule has 4 nitrogen and oxygen atoms in total. The minimum absolute atomic E-state index is 0.0232. The molecule has 0 aromatic heterocycles. The molecule has 0 spiro atoms. The lowest BCUT2D eigenvalue weighted by molar-refractivity contribution is 0.597. The predicted molar refractivity (Wildman–Crippen MR) is 70.1 cm³/mol. The molecule has 0 fully saturated rings. The quantitative estimate of drug-likeness (QED) is 0.786. The molecule has 0 saturated heterocycles. The van der Waals surface area contributed by atoms with Crippen LogP contribution in [-0.4, -0.2) is 27.3 Å². The first-order valence-corrected chi connectivity index (χ1v) is 7.55. The van der Waals surface area contributed by atoms with Crippen molar-refractivity contribution in [3.8, 4) is 0 Å². The number of benzene rings is 1. The van der Waals surface area contributed by atoms with Crippen LogP contribution >= 0.6 is 15.9 Å². The van der Waals surface area contributed by atoms with Crippen molar-refractivity contribution >= 4 is 31.6 Å². The minimum atomic E-state index is -3.41. The summed E-state index contributed by atoms with van der Waals surface area (Å²) in [6.07, 6.45) is 0. The third-order valence-corrected chi connectivity index (χ3v) is 3.92. The molecule has 7 heteroatoms. The maximum absolute atomic E-state index is 12.8. The van der Waals surface area contributed by atoms with Gasteiger partial charge in [0, 0.05) is 11.0 Å². The van der Waals surface area contributed by atoms with E-state index in [-0.39, 0.29) is 5.75 Å². The van der Waals surface area contributed by atoms with Gasteiger partial charge in [-0.25, -0.2) is 12.8 Å². The maximum Gasteiger partial charge on any atom is 0.234 e. The van der Waals surface area contributed by atoms with Gasteiger partial charge in [0.1, 0.15) is 5.82 Å². The summed E-state index contributed by atoms with van der Waals surface area (Å²) in [6.45, 7) is 3.00. The fraction of sp³-hybridized carbons (Fsp3) is 0.400. The number of anilines is 1. The molecule has 1 rings (SSSR count). The standard InChI is InChI=1S/C10H14BrFN2O2S/c1-2-13-5-6-17(15,16)14-10-4-3-8(12)7-9(10)11/h3-4,7,13-14H,2,5-6H2,1H3. The van der Waals surface area contributed by atoms with E-state index in [2.05, 4.69) is 26.0 Å². The van der Waals surface area contributed by atoms with E-state index >= 15 is 0 Å². The molecule has 2 N–H and O–H groups in total. The van der Waals surface area contributed by atoms with Crippen molar-refractivity contribution < 1.29 is 12.8 Å². The molecule has 1 aromatic rings. The van der Waals surface area contributed by atoms with Gasteiger partial charge >= 0.3 is 0 Å². The highest BCUT2D eigenvalue weighted by molar-refractivity contribution is 9.10. The van der Waals surface area contributed by atoms with E-state index in [1.165, 1.54) is 18.2 Å². The summed E-state index contributed by atoms with van der Waals surface area (Å²) in [5.74, 6) is -0.447. The Labute approximate surface area is 109 Å². The number of hydrogen-bond donors (Lipinski definition) is 2. The second kappa shape index (κ2) is 6.32. The van der Waals surface area contributed by atoms with Crippen LogP contribution < -0.4 is 10.0 Å². The molecule has 0 bridgehead atoms. The van der Waals surface area contributed by atoms with Crippen LogP contribution in [0.15, 0.2) is 22.7 Å². The van der Waals surface area contributed by atoms with Crippen molar-refractivity contribution in [1.82, 2.24) is 5.32 Å². The summed E-state index contributed by atoms with van der Waals surface area (Å²) < 4.78 is 38.9. The maximum atomic E-state index is 12.8. The van der Waals surface area contributed by atoms with E-state index in [1.807, 2.05) is 6.92 Å². The summed E-state index contributed by atoms with van der Waals surface area (Å²) in [5, 5.41) is 2.92. The SMILES string of the molecule is CCNCCS(=O)(=O)Nc1ccc(F)cc1Br. The molecule has 0 aliphatic rings. The topological polar surface area (TPSA) is 58.2 Å². The van der Waals surface area contributed by atoms with Gasteiger partial charge in [-0.05, 0) is 40.7 Å². The Morgan fingerprint density at radius 1 is 1.41 bits per heavy atom. The lowest BCUT2D eigenvalue weighted by Crippen LogP contribution is -2.26. The zero-order valence-electron chi connectivity index (χ0n) is 9.33. The van der Waals surface area contributed by atoms with E-state index in [1.54, 1.807) is 0 Å². The molecule has 0 atom stereocenters. The van der Waals surface area contributed by atoms with Crippen molar-refractivity contribution in [3.63, 3.8) is 0 Å². The van der Waals surface area contributed by atoms with Gasteiger partial charge in [0.05, 0.1) is 11.4 Å². The highest BCUT2D eigenvalue weighted by Gasteiger charge is 2.12. The average Bonchev–Trinajstić information content (AvgIpc) is 2.22. The highest BCUT2D eigenvalue weighted by atomic mass is 79.9. The van der Waals surface area contributed by atoms with Gasteiger partial charge in [0.2, 0.25) is 10.0 Å². The van der Waals surface area contributed by atoms with Gasteiger partial charge in [0.15, 0.2) is 0 Å². The van der Waals surface area contributed by atoms with Crippen molar-refractivity contribution in [1.29, 1.82) is 0 Å². The Hall–Kier alpha value is -0.660. The number of sulfonamides is 1. The number of rotatable bonds is 6. The monoisotopic (exact) mass is 324 g/mol. The van der Waals surface area contributed by atoms with Crippen molar-refractivity contribution in [2.24, 2.45) is 0 Å². The first kappa shape index (κ1) is 14.4. The second-order valence-electron chi connectivity index (χ2n) is 3.40.